The summed E-state index contributed by atoms with van der Waals surface area (Å²) in [5.74, 6) is 0.518. The molecule has 0 unspecified atom stereocenters. The van der Waals surface area contributed by atoms with Crippen LogP contribution in [-0.4, -0.2) is 49.8 Å². The number of likely N-dealkylation sites (tertiary alicyclic amines) is 1. The normalized spacial score (nSPS) is 20.6. The monoisotopic (exact) mass is 364 g/mol. The molecule has 0 amide bonds. The number of piperidine rings is 2. The minimum Gasteiger partial charge on any atom is -0.370 e. The molecule has 3 rings (SSSR count). The Balaban J connectivity index is 1.78. The fourth-order valence-corrected chi connectivity index (χ4v) is 5.25. The van der Waals surface area contributed by atoms with Crippen molar-refractivity contribution in [3.8, 4) is 0 Å². The molecule has 0 aromatic heterocycles. The van der Waals surface area contributed by atoms with Gasteiger partial charge in [-0.3, -0.25) is 0 Å². The van der Waals surface area contributed by atoms with Crippen molar-refractivity contribution in [1.29, 1.82) is 0 Å². The van der Waals surface area contributed by atoms with E-state index >= 15 is 0 Å². The maximum atomic E-state index is 13.0. The van der Waals surface area contributed by atoms with Crippen molar-refractivity contribution in [2.45, 2.75) is 50.0 Å². The number of sulfonamides is 1. The van der Waals surface area contributed by atoms with Crippen molar-refractivity contribution in [2.24, 2.45) is 10.7 Å². The van der Waals surface area contributed by atoms with E-state index in [2.05, 4.69) is 9.89 Å². The molecule has 2 heterocycles. The maximum Gasteiger partial charge on any atom is 0.243 e. The number of rotatable bonds is 4. The van der Waals surface area contributed by atoms with Crippen LogP contribution in [0.25, 0.3) is 0 Å². The second kappa shape index (κ2) is 8.19. The van der Waals surface area contributed by atoms with E-state index in [1.165, 1.54) is 6.42 Å². The van der Waals surface area contributed by atoms with E-state index in [0.717, 1.165) is 45.2 Å². The van der Waals surface area contributed by atoms with Gasteiger partial charge in [-0.2, -0.15) is 4.31 Å². The van der Waals surface area contributed by atoms with Crippen LogP contribution in [0.3, 0.4) is 0 Å². The largest absolute Gasteiger partial charge is 0.370 e. The molecular weight excluding hydrogens is 336 g/mol. The summed E-state index contributed by atoms with van der Waals surface area (Å²) >= 11 is 0. The molecule has 0 bridgehead atoms. The number of benzene rings is 1. The number of hydrogen-bond donors (Lipinski definition) is 1. The van der Waals surface area contributed by atoms with Gasteiger partial charge in [0, 0.05) is 26.2 Å². The first-order valence-electron chi connectivity index (χ1n) is 9.22. The molecule has 2 aliphatic rings. The predicted octanol–water partition coefficient (Wildman–Crippen LogP) is 2.16. The van der Waals surface area contributed by atoms with Gasteiger partial charge in [-0.15, -0.1) is 0 Å². The van der Waals surface area contributed by atoms with Crippen LogP contribution in [0, 0.1) is 0 Å². The molecule has 1 aromatic carbocycles. The first-order chi connectivity index (χ1) is 12.1. The van der Waals surface area contributed by atoms with Gasteiger partial charge in [0.1, 0.15) is 0 Å². The second-order valence-corrected chi connectivity index (χ2v) is 8.70. The zero-order valence-electron chi connectivity index (χ0n) is 14.7. The Hall–Kier alpha value is -1.60. The predicted molar refractivity (Wildman–Crippen MR) is 99.8 cm³/mol. The molecule has 0 atom stereocenters. The Morgan fingerprint density at radius 3 is 2.24 bits per heavy atom. The highest BCUT2D eigenvalue weighted by Gasteiger charge is 2.27. The van der Waals surface area contributed by atoms with Crippen molar-refractivity contribution in [1.82, 2.24) is 9.21 Å². The summed E-state index contributed by atoms with van der Waals surface area (Å²) < 4.78 is 27.6. The summed E-state index contributed by atoms with van der Waals surface area (Å²) in [7, 11) is -3.46. The quantitative estimate of drug-likeness (QED) is 0.656. The van der Waals surface area contributed by atoms with E-state index in [0.29, 0.717) is 36.1 Å². The first-order valence-corrected chi connectivity index (χ1v) is 10.7. The molecule has 2 aliphatic heterocycles. The lowest BCUT2D eigenvalue weighted by atomic mass is 10.1. The summed E-state index contributed by atoms with van der Waals surface area (Å²) in [5.41, 5.74) is 6.83. The Labute approximate surface area is 150 Å². The van der Waals surface area contributed by atoms with E-state index in [1.807, 2.05) is 12.1 Å². The van der Waals surface area contributed by atoms with Gasteiger partial charge >= 0.3 is 0 Å². The Morgan fingerprint density at radius 2 is 1.56 bits per heavy atom. The molecule has 138 valence electrons. The summed E-state index contributed by atoms with van der Waals surface area (Å²) in [6.07, 6.45) is 6.47. The van der Waals surface area contributed by atoms with Crippen molar-refractivity contribution in [3.63, 3.8) is 0 Å². The summed E-state index contributed by atoms with van der Waals surface area (Å²) in [5, 5.41) is 0. The molecule has 7 heteroatoms. The standard InChI is InChI=1S/C18H28N4O2S/c19-18(21-11-5-1-6-12-21)20-15-16-9-3-4-10-17(16)25(23,24)22-13-7-2-8-14-22/h3-4,9-10H,1-2,5-8,11-15H2,(H2,19,20). The average Bonchev–Trinajstić information content (AvgIpc) is 2.67. The second-order valence-electron chi connectivity index (χ2n) is 6.79. The Kier molecular flexibility index (Phi) is 5.96. The van der Waals surface area contributed by atoms with Crippen LogP contribution in [0.2, 0.25) is 0 Å². The zero-order valence-corrected chi connectivity index (χ0v) is 15.5. The van der Waals surface area contributed by atoms with Gasteiger partial charge in [-0.05, 0) is 43.7 Å². The molecule has 2 saturated heterocycles. The maximum absolute atomic E-state index is 13.0. The first kappa shape index (κ1) is 18.2. The summed E-state index contributed by atoms with van der Waals surface area (Å²) in [6.45, 7) is 3.38. The van der Waals surface area contributed by atoms with E-state index in [1.54, 1.807) is 16.4 Å². The number of nitrogens with zero attached hydrogens (tertiary/aromatic N) is 3. The minimum atomic E-state index is -3.46. The van der Waals surface area contributed by atoms with Gasteiger partial charge < -0.3 is 10.6 Å². The SMILES string of the molecule is NC(=NCc1ccccc1S(=O)(=O)N1CCCCC1)N1CCCCC1. The van der Waals surface area contributed by atoms with Gasteiger partial charge in [0.25, 0.3) is 0 Å². The highest BCUT2D eigenvalue weighted by Crippen LogP contribution is 2.24. The fourth-order valence-electron chi connectivity index (χ4n) is 3.52. The molecule has 25 heavy (non-hydrogen) atoms. The summed E-state index contributed by atoms with van der Waals surface area (Å²) in [4.78, 5) is 6.93. The molecule has 0 spiro atoms. The van der Waals surface area contributed by atoms with Crippen molar-refractivity contribution in [3.05, 3.63) is 29.8 Å². The lowest BCUT2D eigenvalue weighted by Gasteiger charge is -2.28. The van der Waals surface area contributed by atoms with Crippen LogP contribution in [0.1, 0.15) is 44.1 Å². The Morgan fingerprint density at radius 1 is 0.960 bits per heavy atom. The third-order valence-electron chi connectivity index (χ3n) is 5.00. The zero-order chi connectivity index (χ0) is 17.7. The summed E-state index contributed by atoms with van der Waals surface area (Å²) in [6, 6.07) is 7.16. The van der Waals surface area contributed by atoms with Crippen LogP contribution < -0.4 is 5.73 Å². The fraction of sp³-hybridized carbons (Fsp3) is 0.611. The molecular formula is C18H28N4O2S. The van der Waals surface area contributed by atoms with Crippen molar-refractivity contribution >= 4 is 16.0 Å². The van der Waals surface area contributed by atoms with Gasteiger partial charge in [0.2, 0.25) is 10.0 Å². The van der Waals surface area contributed by atoms with Crippen LogP contribution in [-0.2, 0) is 16.6 Å². The third-order valence-corrected chi connectivity index (χ3v) is 7.00. The average molecular weight is 365 g/mol. The van der Waals surface area contributed by atoms with E-state index in [9.17, 15) is 8.42 Å². The van der Waals surface area contributed by atoms with Gasteiger partial charge in [-0.25, -0.2) is 13.4 Å². The minimum absolute atomic E-state index is 0.297. The van der Waals surface area contributed by atoms with Gasteiger partial charge in [-0.1, -0.05) is 24.6 Å². The van der Waals surface area contributed by atoms with E-state index in [4.69, 9.17) is 5.73 Å². The lowest BCUT2D eigenvalue weighted by Crippen LogP contribution is -2.40. The number of guanidine groups is 1. The molecule has 6 nitrogen and oxygen atoms in total. The molecule has 1 aromatic rings. The number of nitrogens with two attached hydrogens (primary N) is 1. The number of aliphatic imine (C=N–C) groups is 1. The molecule has 0 radical (unpaired) electrons. The van der Waals surface area contributed by atoms with Crippen molar-refractivity contribution < 1.29 is 8.42 Å². The van der Waals surface area contributed by atoms with Crippen LogP contribution in [0.4, 0.5) is 0 Å². The van der Waals surface area contributed by atoms with E-state index in [-0.39, 0.29) is 0 Å². The van der Waals surface area contributed by atoms with Crippen molar-refractivity contribution in [2.75, 3.05) is 26.2 Å². The van der Waals surface area contributed by atoms with Crippen LogP contribution in [0.5, 0.6) is 0 Å². The highest BCUT2D eigenvalue weighted by atomic mass is 32.2. The van der Waals surface area contributed by atoms with Gasteiger partial charge in [0.15, 0.2) is 5.96 Å². The third kappa shape index (κ3) is 4.33. The topological polar surface area (TPSA) is 79.0 Å². The Bertz CT molecular complexity index is 706. The molecule has 2 fully saturated rings. The van der Waals surface area contributed by atoms with Crippen LogP contribution in [0.15, 0.2) is 34.2 Å². The number of hydrogen-bond acceptors (Lipinski definition) is 3. The van der Waals surface area contributed by atoms with Crippen LogP contribution >= 0.6 is 0 Å². The molecule has 2 N–H and O–H groups in total. The van der Waals surface area contributed by atoms with E-state index < -0.39 is 10.0 Å². The lowest BCUT2D eigenvalue weighted by molar-refractivity contribution is 0.338. The highest BCUT2D eigenvalue weighted by molar-refractivity contribution is 7.89. The smallest absolute Gasteiger partial charge is 0.243 e. The molecule has 0 aliphatic carbocycles. The molecule has 0 saturated carbocycles. The van der Waals surface area contributed by atoms with Gasteiger partial charge in [0.05, 0.1) is 11.4 Å².